The van der Waals surface area contributed by atoms with E-state index in [9.17, 15) is 14.7 Å². The van der Waals surface area contributed by atoms with Gasteiger partial charge in [-0.2, -0.15) is 5.26 Å². The molecule has 0 aliphatic carbocycles. The number of amides is 2. The number of fused-ring (bicyclic) bond motifs is 1. The van der Waals surface area contributed by atoms with Gasteiger partial charge in [-0.1, -0.05) is 24.3 Å². The number of unbranched alkanes of at least 4 members (excludes halogenated alkanes) is 1. The van der Waals surface area contributed by atoms with Crippen molar-refractivity contribution < 1.29 is 28.9 Å². The Labute approximate surface area is 229 Å². The van der Waals surface area contributed by atoms with E-state index in [1.807, 2.05) is 36.4 Å². The number of hydrogen-bond acceptors (Lipinski definition) is 6. The number of benzene rings is 2. The maximum Gasteiger partial charge on any atom is 0.407 e. The zero-order chi connectivity index (χ0) is 27.6. The summed E-state index contributed by atoms with van der Waals surface area (Å²) in [6.07, 6.45) is 2.88. The third kappa shape index (κ3) is 7.71. The zero-order valence-corrected chi connectivity index (χ0v) is 22.4. The van der Waals surface area contributed by atoms with E-state index in [1.165, 1.54) is 4.90 Å². The van der Waals surface area contributed by atoms with Gasteiger partial charge in [-0.3, -0.25) is 4.79 Å². The van der Waals surface area contributed by atoms with Gasteiger partial charge in [-0.05, 0) is 67.0 Å². The predicted octanol–water partition coefficient (Wildman–Crippen LogP) is 5.27. The summed E-state index contributed by atoms with van der Waals surface area (Å²) < 4.78 is 17.8. The fourth-order valence-corrected chi connectivity index (χ4v) is 5.29. The molecule has 208 valence electrons. The van der Waals surface area contributed by atoms with Gasteiger partial charge in [-0.15, -0.1) is 0 Å². The molecule has 0 spiro atoms. The summed E-state index contributed by atoms with van der Waals surface area (Å²) in [6.45, 7) is 1.78. The third-order valence-corrected chi connectivity index (χ3v) is 7.39. The maximum absolute atomic E-state index is 12.0. The number of carbonyl (C=O) groups is 2. The Kier molecular flexibility index (Phi) is 10.2. The number of likely N-dealkylation sites (tertiary alicyclic amines) is 1. The van der Waals surface area contributed by atoms with Crippen LogP contribution in [0.5, 0.6) is 5.75 Å². The van der Waals surface area contributed by atoms with E-state index in [0.29, 0.717) is 58.3 Å². The number of carbonyl (C=O) groups excluding carboxylic acids is 1. The number of carboxylic acid groups (broad SMARTS) is 1. The van der Waals surface area contributed by atoms with Gasteiger partial charge in [0.05, 0.1) is 31.4 Å². The lowest BCUT2D eigenvalue weighted by Crippen LogP contribution is -2.46. The molecule has 2 aromatic rings. The Morgan fingerprint density at radius 2 is 2.00 bits per heavy atom. The molecule has 2 amide bonds. The van der Waals surface area contributed by atoms with Crippen LogP contribution in [0.2, 0.25) is 0 Å². The van der Waals surface area contributed by atoms with Gasteiger partial charge in [0.15, 0.2) is 0 Å². The molecule has 39 heavy (non-hydrogen) atoms. The van der Waals surface area contributed by atoms with Gasteiger partial charge in [0, 0.05) is 44.7 Å². The van der Waals surface area contributed by atoms with Crippen molar-refractivity contribution in [1.82, 2.24) is 4.90 Å². The molecular formula is C30H37N3O6. The standard InChI is InChI=1S/C30H37N3O6/c1-37-17-4-5-27(23-7-6-22-10-13-29(34)32-26(22)19-23)39-28-20-33(30(35)36)16-14-25(28)21-8-11-24(12-9-21)38-18-3-2-15-31/h6-9,11-12,19,25,27-28H,2-5,10,13-14,16-18,20H2,1H3,(H,32,34)(H,35,36). The van der Waals surface area contributed by atoms with Crippen molar-refractivity contribution in [3.63, 3.8) is 0 Å². The molecule has 1 fully saturated rings. The fraction of sp³-hybridized carbons (Fsp3) is 0.500. The van der Waals surface area contributed by atoms with E-state index < -0.39 is 6.09 Å². The van der Waals surface area contributed by atoms with Crippen molar-refractivity contribution in [2.75, 3.05) is 38.7 Å². The molecule has 0 saturated carbocycles. The van der Waals surface area contributed by atoms with Crippen LogP contribution in [-0.4, -0.2) is 61.5 Å². The van der Waals surface area contributed by atoms with Gasteiger partial charge in [0.2, 0.25) is 5.91 Å². The fourth-order valence-electron chi connectivity index (χ4n) is 5.29. The molecule has 2 heterocycles. The van der Waals surface area contributed by atoms with Crippen LogP contribution < -0.4 is 10.1 Å². The number of hydrogen-bond donors (Lipinski definition) is 2. The van der Waals surface area contributed by atoms with Gasteiger partial charge < -0.3 is 29.5 Å². The molecule has 2 N–H and O–H groups in total. The van der Waals surface area contributed by atoms with Crippen molar-refractivity contribution in [1.29, 1.82) is 5.26 Å². The minimum Gasteiger partial charge on any atom is -0.494 e. The molecular weight excluding hydrogens is 498 g/mol. The molecule has 0 radical (unpaired) electrons. The largest absolute Gasteiger partial charge is 0.494 e. The Morgan fingerprint density at radius 1 is 1.18 bits per heavy atom. The first kappa shape index (κ1) is 28.4. The molecule has 0 aromatic heterocycles. The van der Waals surface area contributed by atoms with Gasteiger partial charge >= 0.3 is 6.09 Å². The van der Waals surface area contributed by atoms with Gasteiger partial charge in [0.1, 0.15) is 5.75 Å². The quantitative estimate of drug-likeness (QED) is 0.355. The highest BCUT2D eigenvalue weighted by Crippen LogP contribution is 2.37. The topological polar surface area (TPSA) is 121 Å². The highest BCUT2D eigenvalue weighted by Gasteiger charge is 2.35. The lowest BCUT2D eigenvalue weighted by atomic mass is 9.86. The van der Waals surface area contributed by atoms with Crippen molar-refractivity contribution in [3.8, 4) is 11.8 Å². The number of anilines is 1. The van der Waals surface area contributed by atoms with Crippen LogP contribution >= 0.6 is 0 Å². The number of nitrogens with zero attached hydrogens (tertiary/aromatic N) is 2. The van der Waals surface area contributed by atoms with Gasteiger partial charge in [0.25, 0.3) is 0 Å². The van der Waals surface area contributed by atoms with E-state index in [2.05, 4.69) is 17.5 Å². The maximum atomic E-state index is 12.0. The van der Waals surface area contributed by atoms with Crippen LogP contribution in [0.3, 0.4) is 0 Å². The van der Waals surface area contributed by atoms with E-state index in [1.54, 1.807) is 7.11 Å². The van der Waals surface area contributed by atoms with Crippen LogP contribution in [0, 0.1) is 11.3 Å². The molecule has 9 nitrogen and oxygen atoms in total. The number of nitrogens with one attached hydrogen (secondary N) is 1. The van der Waals surface area contributed by atoms with Crippen LogP contribution in [0.15, 0.2) is 42.5 Å². The summed E-state index contributed by atoms with van der Waals surface area (Å²) in [4.78, 5) is 25.3. The van der Waals surface area contributed by atoms with Crippen LogP contribution in [0.25, 0.3) is 0 Å². The van der Waals surface area contributed by atoms with Crippen molar-refractivity contribution in [2.45, 2.75) is 63.1 Å². The molecule has 3 unspecified atom stereocenters. The summed E-state index contributed by atoms with van der Waals surface area (Å²) >= 11 is 0. The monoisotopic (exact) mass is 535 g/mol. The molecule has 4 rings (SSSR count). The van der Waals surface area contributed by atoms with Crippen LogP contribution in [-0.2, 0) is 20.7 Å². The summed E-state index contributed by atoms with van der Waals surface area (Å²) in [5.41, 5.74) is 3.96. The summed E-state index contributed by atoms with van der Waals surface area (Å²) in [7, 11) is 1.67. The highest BCUT2D eigenvalue weighted by molar-refractivity contribution is 5.94. The second-order valence-corrected chi connectivity index (χ2v) is 10.1. The van der Waals surface area contributed by atoms with E-state index in [0.717, 1.165) is 34.5 Å². The van der Waals surface area contributed by atoms with E-state index in [-0.39, 0.29) is 30.6 Å². The number of nitriles is 1. The average molecular weight is 536 g/mol. The number of piperidine rings is 1. The first-order valence-electron chi connectivity index (χ1n) is 13.6. The second-order valence-electron chi connectivity index (χ2n) is 10.1. The van der Waals surface area contributed by atoms with Crippen LogP contribution in [0.4, 0.5) is 10.5 Å². The summed E-state index contributed by atoms with van der Waals surface area (Å²) in [5, 5.41) is 21.4. The first-order chi connectivity index (χ1) is 19.0. The zero-order valence-electron chi connectivity index (χ0n) is 22.4. The molecule has 2 aromatic carbocycles. The lowest BCUT2D eigenvalue weighted by Gasteiger charge is -2.39. The highest BCUT2D eigenvalue weighted by atomic mass is 16.5. The molecule has 0 bridgehead atoms. The average Bonchev–Trinajstić information content (AvgIpc) is 2.95. The van der Waals surface area contributed by atoms with Gasteiger partial charge in [-0.25, -0.2) is 4.79 Å². The smallest absolute Gasteiger partial charge is 0.407 e. The first-order valence-corrected chi connectivity index (χ1v) is 13.6. The minimum atomic E-state index is -0.949. The number of ether oxygens (including phenoxy) is 3. The Hall–Kier alpha value is -3.61. The molecule has 3 atom stereocenters. The number of rotatable bonds is 12. The molecule has 2 aliphatic heterocycles. The van der Waals surface area contributed by atoms with Crippen molar-refractivity contribution >= 4 is 17.7 Å². The van der Waals surface area contributed by atoms with Crippen LogP contribution in [0.1, 0.15) is 67.2 Å². The molecule has 1 saturated heterocycles. The summed E-state index contributed by atoms with van der Waals surface area (Å²) in [5.74, 6) is 0.764. The number of aryl methyl sites for hydroxylation is 1. The third-order valence-electron chi connectivity index (χ3n) is 7.39. The van der Waals surface area contributed by atoms with Crippen molar-refractivity contribution in [3.05, 3.63) is 59.2 Å². The Morgan fingerprint density at radius 3 is 2.74 bits per heavy atom. The Balaban J connectivity index is 1.55. The second kappa shape index (κ2) is 14.0. The molecule has 2 aliphatic rings. The molecule has 9 heteroatoms. The summed E-state index contributed by atoms with van der Waals surface area (Å²) in [6, 6.07) is 16.1. The minimum absolute atomic E-state index is 0.00972. The van der Waals surface area contributed by atoms with E-state index in [4.69, 9.17) is 19.5 Å². The van der Waals surface area contributed by atoms with Crippen molar-refractivity contribution in [2.24, 2.45) is 0 Å². The van der Waals surface area contributed by atoms with E-state index >= 15 is 0 Å². The predicted molar refractivity (Wildman–Crippen MR) is 146 cm³/mol. The number of methoxy groups -OCH3 is 1. The SMILES string of the molecule is COCCCC(OC1CN(C(=O)O)CCC1c1ccc(OCCCC#N)cc1)c1ccc2c(c1)NC(=O)CC2. The normalized spacial score (nSPS) is 19.5. The lowest BCUT2D eigenvalue weighted by molar-refractivity contribution is -0.116. The Bertz CT molecular complexity index is 1160.